The van der Waals surface area contributed by atoms with Gasteiger partial charge < -0.3 is 10.4 Å². The monoisotopic (exact) mass is 277 g/mol. The number of anilines is 1. The van der Waals surface area contributed by atoms with Crippen molar-refractivity contribution in [3.05, 3.63) is 34.5 Å². The van der Waals surface area contributed by atoms with Gasteiger partial charge in [0.1, 0.15) is 5.69 Å². The Balaban J connectivity index is 2.15. The maximum atomic E-state index is 11.4. The average molecular weight is 278 g/mol. The van der Waals surface area contributed by atoms with Crippen molar-refractivity contribution in [2.75, 3.05) is 5.32 Å². The van der Waals surface area contributed by atoms with Gasteiger partial charge in [-0.25, -0.2) is 4.79 Å². The Morgan fingerprint density at radius 3 is 2.84 bits per heavy atom. The Labute approximate surface area is 112 Å². The van der Waals surface area contributed by atoms with E-state index in [9.17, 15) is 9.59 Å². The van der Waals surface area contributed by atoms with E-state index in [1.807, 2.05) is 0 Å². The predicted octanol–water partition coefficient (Wildman–Crippen LogP) is 1.92. The lowest BCUT2D eigenvalue weighted by molar-refractivity contribution is -0.115. The van der Waals surface area contributed by atoms with Crippen LogP contribution in [0.1, 0.15) is 16.1 Å². The molecule has 0 spiro atoms. The standard InChI is InChI=1S/C12H8ClN3O3/c13-6-1-5-2-10(17)14-11(5)7(3-6)8-4-9(12(18)19)16-15-8/h1,3-4H,2H2,(H,14,17)(H,15,16)(H,18,19). The first-order valence-corrected chi connectivity index (χ1v) is 5.84. The number of carboxylic acid groups (broad SMARTS) is 1. The van der Waals surface area contributed by atoms with Gasteiger partial charge in [0.15, 0.2) is 0 Å². The molecule has 1 aromatic carbocycles. The molecule has 1 aliphatic rings. The van der Waals surface area contributed by atoms with Gasteiger partial charge >= 0.3 is 5.97 Å². The first-order valence-electron chi connectivity index (χ1n) is 5.46. The maximum absolute atomic E-state index is 11.4. The zero-order valence-electron chi connectivity index (χ0n) is 9.53. The number of rotatable bonds is 2. The molecular weight excluding hydrogens is 270 g/mol. The van der Waals surface area contributed by atoms with Crippen LogP contribution in [-0.2, 0) is 11.2 Å². The van der Waals surface area contributed by atoms with Gasteiger partial charge in [0.2, 0.25) is 5.91 Å². The van der Waals surface area contributed by atoms with Gasteiger partial charge in [-0.05, 0) is 23.8 Å². The number of H-pyrrole nitrogens is 1. The third-order valence-electron chi connectivity index (χ3n) is 2.88. The topological polar surface area (TPSA) is 95.1 Å². The molecular formula is C12H8ClN3O3. The van der Waals surface area contributed by atoms with Crippen molar-refractivity contribution in [1.29, 1.82) is 0 Å². The normalized spacial score (nSPS) is 13.2. The van der Waals surface area contributed by atoms with E-state index in [-0.39, 0.29) is 18.0 Å². The summed E-state index contributed by atoms with van der Waals surface area (Å²) in [5.41, 5.74) is 2.44. The van der Waals surface area contributed by atoms with Crippen molar-refractivity contribution in [3.8, 4) is 11.3 Å². The quantitative estimate of drug-likeness (QED) is 0.781. The molecule has 0 radical (unpaired) electrons. The summed E-state index contributed by atoms with van der Waals surface area (Å²) in [6, 6.07) is 4.76. The van der Waals surface area contributed by atoms with E-state index in [1.165, 1.54) is 6.07 Å². The lowest BCUT2D eigenvalue weighted by Gasteiger charge is -2.06. The molecule has 0 atom stereocenters. The average Bonchev–Trinajstić information content (AvgIpc) is 2.93. The highest BCUT2D eigenvalue weighted by atomic mass is 35.5. The maximum Gasteiger partial charge on any atom is 0.353 e. The Bertz CT molecular complexity index is 708. The predicted molar refractivity (Wildman–Crippen MR) is 68.3 cm³/mol. The third kappa shape index (κ3) is 1.96. The van der Waals surface area contributed by atoms with E-state index in [0.29, 0.717) is 22.0 Å². The van der Waals surface area contributed by atoms with Gasteiger partial charge in [-0.3, -0.25) is 9.89 Å². The fraction of sp³-hybridized carbons (Fsp3) is 0.0833. The lowest BCUT2D eigenvalue weighted by atomic mass is 10.0. The minimum Gasteiger partial charge on any atom is -0.477 e. The number of aromatic nitrogens is 2. The van der Waals surface area contributed by atoms with Crippen LogP contribution in [0.15, 0.2) is 18.2 Å². The van der Waals surface area contributed by atoms with Gasteiger partial charge in [0.25, 0.3) is 0 Å². The Morgan fingerprint density at radius 2 is 2.16 bits per heavy atom. The van der Waals surface area contributed by atoms with Gasteiger partial charge in [-0.2, -0.15) is 5.10 Å². The zero-order valence-corrected chi connectivity index (χ0v) is 10.3. The van der Waals surface area contributed by atoms with Crippen molar-refractivity contribution in [3.63, 3.8) is 0 Å². The van der Waals surface area contributed by atoms with Crippen molar-refractivity contribution < 1.29 is 14.7 Å². The molecule has 96 valence electrons. The van der Waals surface area contributed by atoms with Gasteiger partial charge in [0.05, 0.1) is 17.8 Å². The molecule has 7 heteroatoms. The second-order valence-electron chi connectivity index (χ2n) is 4.18. The number of nitrogens with zero attached hydrogens (tertiary/aromatic N) is 1. The van der Waals surface area contributed by atoms with Crippen molar-refractivity contribution in [1.82, 2.24) is 10.2 Å². The number of hydrogen-bond acceptors (Lipinski definition) is 3. The van der Waals surface area contributed by atoms with Gasteiger partial charge in [0, 0.05) is 10.6 Å². The molecule has 6 nitrogen and oxygen atoms in total. The summed E-state index contributed by atoms with van der Waals surface area (Å²) < 4.78 is 0. The molecule has 1 aliphatic heterocycles. The number of carbonyl (C=O) groups is 2. The Morgan fingerprint density at radius 1 is 1.37 bits per heavy atom. The van der Waals surface area contributed by atoms with Crippen LogP contribution in [0.25, 0.3) is 11.3 Å². The molecule has 0 unspecified atom stereocenters. The molecule has 0 fully saturated rings. The highest BCUT2D eigenvalue weighted by Gasteiger charge is 2.23. The zero-order chi connectivity index (χ0) is 13.6. The van der Waals surface area contributed by atoms with Crippen LogP contribution in [0.5, 0.6) is 0 Å². The molecule has 1 aromatic heterocycles. The highest BCUT2D eigenvalue weighted by molar-refractivity contribution is 6.31. The van der Waals surface area contributed by atoms with E-state index < -0.39 is 5.97 Å². The number of carboxylic acids is 1. The van der Waals surface area contributed by atoms with Crippen molar-refractivity contribution in [2.45, 2.75) is 6.42 Å². The fourth-order valence-electron chi connectivity index (χ4n) is 2.08. The number of fused-ring (bicyclic) bond motifs is 1. The first-order chi connectivity index (χ1) is 9.04. The second kappa shape index (κ2) is 4.10. The van der Waals surface area contributed by atoms with E-state index in [2.05, 4.69) is 15.5 Å². The summed E-state index contributed by atoms with van der Waals surface area (Å²) in [6.45, 7) is 0. The minimum absolute atomic E-state index is 0.0203. The van der Waals surface area contributed by atoms with Crippen LogP contribution >= 0.6 is 11.6 Å². The number of aromatic amines is 1. The largest absolute Gasteiger partial charge is 0.477 e. The smallest absolute Gasteiger partial charge is 0.353 e. The van der Waals surface area contributed by atoms with Crippen LogP contribution < -0.4 is 5.32 Å². The van der Waals surface area contributed by atoms with Gasteiger partial charge in [-0.15, -0.1) is 0 Å². The SMILES string of the molecule is O=C1Cc2cc(Cl)cc(-c3cc(C(=O)O)[nH]n3)c2N1. The molecule has 2 heterocycles. The lowest BCUT2D eigenvalue weighted by Crippen LogP contribution is -2.04. The molecule has 0 saturated carbocycles. The molecule has 2 aromatic rings. The van der Waals surface area contributed by atoms with E-state index in [4.69, 9.17) is 16.7 Å². The number of hydrogen-bond donors (Lipinski definition) is 3. The van der Waals surface area contributed by atoms with Crippen LogP contribution in [-0.4, -0.2) is 27.2 Å². The van der Waals surface area contributed by atoms with Crippen LogP contribution in [0.3, 0.4) is 0 Å². The number of halogens is 1. The van der Waals surface area contributed by atoms with Crippen molar-refractivity contribution in [2.24, 2.45) is 0 Å². The van der Waals surface area contributed by atoms with Crippen molar-refractivity contribution >= 4 is 29.2 Å². The summed E-state index contributed by atoms with van der Waals surface area (Å²) in [5.74, 6) is -1.21. The molecule has 19 heavy (non-hydrogen) atoms. The number of amides is 1. The Hall–Kier alpha value is -2.34. The molecule has 0 saturated heterocycles. The van der Waals surface area contributed by atoms with E-state index in [0.717, 1.165) is 5.56 Å². The molecule has 3 rings (SSSR count). The van der Waals surface area contributed by atoms with E-state index >= 15 is 0 Å². The summed E-state index contributed by atoms with van der Waals surface area (Å²) >= 11 is 6.00. The fourth-order valence-corrected chi connectivity index (χ4v) is 2.32. The first kappa shape index (κ1) is 11.7. The summed E-state index contributed by atoms with van der Waals surface area (Å²) in [7, 11) is 0. The van der Waals surface area contributed by atoms with E-state index in [1.54, 1.807) is 12.1 Å². The van der Waals surface area contributed by atoms with Gasteiger partial charge in [-0.1, -0.05) is 11.6 Å². The minimum atomic E-state index is -1.10. The second-order valence-corrected chi connectivity index (χ2v) is 4.62. The number of benzene rings is 1. The number of aromatic carboxylic acids is 1. The molecule has 0 aliphatic carbocycles. The highest BCUT2D eigenvalue weighted by Crippen LogP contribution is 2.36. The molecule has 0 bridgehead atoms. The number of nitrogens with one attached hydrogen (secondary N) is 2. The number of carbonyl (C=O) groups excluding carboxylic acids is 1. The Kier molecular flexibility index (Phi) is 2.53. The molecule has 3 N–H and O–H groups in total. The third-order valence-corrected chi connectivity index (χ3v) is 3.10. The van der Waals surface area contributed by atoms with Crippen LogP contribution in [0, 0.1) is 0 Å². The van der Waals surface area contributed by atoms with Crippen LogP contribution in [0.2, 0.25) is 5.02 Å². The molecule has 1 amide bonds. The summed E-state index contributed by atoms with van der Waals surface area (Å²) in [5, 5.41) is 18.4. The summed E-state index contributed by atoms with van der Waals surface area (Å²) in [6.07, 6.45) is 0.263. The van der Waals surface area contributed by atoms with Crippen LogP contribution in [0.4, 0.5) is 5.69 Å². The summed E-state index contributed by atoms with van der Waals surface area (Å²) in [4.78, 5) is 22.3.